The number of aromatic nitrogens is 2. The van der Waals surface area contributed by atoms with Gasteiger partial charge in [0.15, 0.2) is 0 Å². The maximum Gasteiger partial charge on any atom is 0.106 e. The lowest BCUT2D eigenvalue weighted by Gasteiger charge is -2.12. The third-order valence-electron chi connectivity index (χ3n) is 3.96. The van der Waals surface area contributed by atoms with Crippen molar-refractivity contribution >= 4 is 11.0 Å². The molecular formula is C13H17N3. The second kappa shape index (κ2) is 3.08. The fourth-order valence-electron chi connectivity index (χ4n) is 2.40. The number of fused-ring (bicyclic) bond motifs is 1. The average molecular weight is 215 g/mol. The molecule has 0 saturated heterocycles. The van der Waals surface area contributed by atoms with Crippen LogP contribution in [0.4, 0.5) is 0 Å². The van der Waals surface area contributed by atoms with Crippen molar-refractivity contribution in [3.05, 3.63) is 29.6 Å². The Hall–Kier alpha value is -1.35. The van der Waals surface area contributed by atoms with Crippen molar-refractivity contribution in [3.8, 4) is 0 Å². The molecule has 2 N–H and O–H groups in total. The van der Waals surface area contributed by atoms with Crippen LogP contribution in [-0.2, 0) is 12.5 Å². The summed E-state index contributed by atoms with van der Waals surface area (Å²) in [5.74, 6) is 1.06. The summed E-state index contributed by atoms with van der Waals surface area (Å²) in [7, 11) is 2.07. The minimum absolute atomic E-state index is 0.270. The molecule has 84 valence electrons. The number of aryl methyl sites for hydroxylation is 2. The van der Waals surface area contributed by atoms with E-state index in [4.69, 9.17) is 5.73 Å². The number of hydrogen-bond donors (Lipinski definition) is 1. The monoisotopic (exact) mass is 215 g/mol. The molecule has 1 aliphatic rings. The molecular weight excluding hydrogens is 198 g/mol. The van der Waals surface area contributed by atoms with E-state index in [0.717, 1.165) is 17.9 Å². The summed E-state index contributed by atoms with van der Waals surface area (Å²) in [5, 5.41) is 0. The Kier molecular flexibility index (Phi) is 1.89. The molecule has 0 radical (unpaired) electrons. The molecule has 16 heavy (non-hydrogen) atoms. The van der Waals surface area contributed by atoms with Crippen LogP contribution >= 0.6 is 0 Å². The van der Waals surface area contributed by atoms with Crippen molar-refractivity contribution in [2.75, 3.05) is 6.54 Å². The van der Waals surface area contributed by atoms with Gasteiger partial charge in [-0.15, -0.1) is 0 Å². The maximum atomic E-state index is 5.87. The lowest BCUT2D eigenvalue weighted by atomic mass is 9.96. The normalized spacial score (nSPS) is 17.9. The van der Waals surface area contributed by atoms with Gasteiger partial charge in [-0.25, -0.2) is 4.98 Å². The van der Waals surface area contributed by atoms with Crippen molar-refractivity contribution < 1.29 is 0 Å². The van der Waals surface area contributed by atoms with Gasteiger partial charge in [0.25, 0.3) is 0 Å². The number of hydrogen-bond acceptors (Lipinski definition) is 2. The molecule has 1 aliphatic carbocycles. The Morgan fingerprint density at radius 1 is 1.44 bits per heavy atom. The molecule has 3 rings (SSSR count). The van der Waals surface area contributed by atoms with Gasteiger partial charge in [0, 0.05) is 19.0 Å². The first kappa shape index (κ1) is 9.85. The fourth-order valence-corrected chi connectivity index (χ4v) is 2.40. The van der Waals surface area contributed by atoms with Crippen LogP contribution < -0.4 is 5.73 Å². The highest BCUT2D eigenvalue weighted by Gasteiger charge is 2.42. The van der Waals surface area contributed by atoms with Crippen molar-refractivity contribution in [2.24, 2.45) is 12.8 Å². The molecule has 1 aromatic heterocycles. The molecule has 3 heteroatoms. The molecule has 0 atom stereocenters. The van der Waals surface area contributed by atoms with E-state index >= 15 is 0 Å². The molecule has 0 spiro atoms. The summed E-state index contributed by atoms with van der Waals surface area (Å²) in [5.41, 5.74) is 9.81. The zero-order valence-corrected chi connectivity index (χ0v) is 9.83. The number of rotatable bonds is 2. The van der Waals surface area contributed by atoms with E-state index in [-0.39, 0.29) is 5.41 Å². The summed E-state index contributed by atoms with van der Waals surface area (Å²) in [6.07, 6.45) is 2.46. The van der Waals surface area contributed by atoms with Crippen LogP contribution in [-0.4, -0.2) is 16.1 Å². The van der Waals surface area contributed by atoms with Gasteiger partial charge in [-0.1, -0.05) is 6.07 Å². The second-order valence-electron chi connectivity index (χ2n) is 4.91. The van der Waals surface area contributed by atoms with E-state index in [0.29, 0.717) is 0 Å². The van der Waals surface area contributed by atoms with E-state index in [9.17, 15) is 0 Å². The van der Waals surface area contributed by atoms with Crippen molar-refractivity contribution in [1.29, 1.82) is 0 Å². The molecule has 0 bridgehead atoms. The quantitative estimate of drug-likeness (QED) is 0.831. The standard InChI is InChI=1S/C13H17N3/c1-9-15-11-4-3-10(7-12(11)16(9)2)13(8-14)5-6-13/h3-4,7H,5-6,8,14H2,1-2H3. The molecule has 3 nitrogen and oxygen atoms in total. The first-order valence-corrected chi connectivity index (χ1v) is 5.80. The van der Waals surface area contributed by atoms with E-state index in [1.54, 1.807) is 0 Å². The van der Waals surface area contributed by atoms with E-state index in [2.05, 4.69) is 34.8 Å². The van der Waals surface area contributed by atoms with E-state index in [1.807, 2.05) is 6.92 Å². The predicted molar refractivity (Wildman–Crippen MR) is 65.4 cm³/mol. The largest absolute Gasteiger partial charge is 0.331 e. The summed E-state index contributed by atoms with van der Waals surface area (Å²) in [6, 6.07) is 6.57. The zero-order valence-electron chi connectivity index (χ0n) is 9.83. The Bertz CT molecular complexity index is 550. The summed E-state index contributed by atoms with van der Waals surface area (Å²) >= 11 is 0. The van der Waals surface area contributed by atoms with Crippen LogP contribution in [0.2, 0.25) is 0 Å². The Labute approximate surface area is 95.3 Å². The number of imidazole rings is 1. The molecule has 0 unspecified atom stereocenters. The van der Waals surface area contributed by atoms with Crippen LogP contribution in [0.5, 0.6) is 0 Å². The highest BCUT2D eigenvalue weighted by atomic mass is 15.0. The van der Waals surface area contributed by atoms with E-state index < -0.39 is 0 Å². The molecule has 1 aromatic carbocycles. The molecule has 0 aliphatic heterocycles. The Morgan fingerprint density at radius 3 is 2.81 bits per heavy atom. The van der Waals surface area contributed by atoms with Crippen LogP contribution in [0.25, 0.3) is 11.0 Å². The number of nitrogens with two attached hydrogens (primary N) is 1. The minimum atomic E-state index is 0.270. The maximum absolute atomic E-state index is 5.87. The number of benzene rings is 1. The van der Waals surface area contributed by atoms with Gasteiger partial charge in [0.05, 0.1) is 11.0 Å². The van der Waals surface area contributed by atoms with Crippen molar-refractivity contribution in [2.45, 2.75) is 25.2 Å². The lowest BCUT2D eigenvalue weighted by Crippen LogP contribution is -2.19. The van der Waals surface area contributed by atoms with Crippen LogP contribution in [0.3, 0.4) is 0 Å². The highest BCUT2D eigenvalue weighted by Crippen LogP contribution is 2.47. The first-order valence-electron chi connectivity index (χ1n) is 5.80. The molecule has 1 fully saturated rings. The van der Waals surface area contributed by atoms with Crippen LogP contribution in [0.1, 0.15) is 24.2 Å². The summed E-state index contributed by atoms with van der Waals surface area (Å²) < 4.78 is 2.14. The van der Waals surface area contributed by atoms with Gasteiger partial charge in [-0.2, -0.15) is 0 Å². The SMILES string of the molecule is Cc1nc2ccc(C3(CN)CC3)cc2n1C. The molecule has 1 saturated carbocycles. The van der Waals surface area contributed by atoms with Gasteiger partial charge in [0.1, 0.15) is 5.82 Å². The topological polar surface area (TPSA) is 43.8 Å². The van der Waals surface area contributed by atoms with Gasteiger partial charge in [0.2, 0.25) is 0 Å². The van der Waals surface area contributed by atoms with Gasteiger partial charge >= 0.3 is 0 Å². The Balaban J connectivity index is 2.19. The molecule has 2 aromatic rings. The van der Waals surface area contributed by atoms with Crippen LogP contribution in [0.15, 0.2) is 18.2 Å². The second-order valence-corrected chi connectivity index (χ2v) is 4.91. The lowest BCUT2D eigenvalue weighted by molar-refractivity contribution is 0.705. The van der Waals surface area contributed by atoms with Crippen LogP contribution in [0, 0.1) is 6.92 Å². The van der Waals surface area contributed by atoms with Crippen molar-refractivity contribution in [1.82, 2.24) is 9.55 Å². The Morgan fingerprint density at radius 2 is 2.19 bits per heavy atom. The smallest absolute Gasteiger partial charge is 0.106 e. The first-order chi connectivity index (χ1) is 7.66. The van der Waals surface area contributed by atoms with E-state index in [1.165, 1.54) is 23.9 Å². The number of nitrogens with zero attached hydrogens (tertiary/aromatic N) is 2. The van der Waals surface area contributed by atoms with Crippen molar-refractivity contribution in [3.63, 3.8) is 0 Å². The van der Waals surface area contributed by atoms with Gasteiger partial charge < -0.3 is 10.3 Å². The minimum Gasteiger partial charge on any atom is -0.331 e. The fraction of sp³-hybridized carbons (Fsp3) is 0.462. The third-order valence-corrected chi connectivity index (χ3v) is 3.96. The zero-order chi connectivity index (χ0) is 11.3. The van der Waals surface area contributed by atoms with Gasteiger partial charge in [-0.3, -0.25) is 0 Å². The molecule has 1 heterocycles. The average Bonchev–Trinajstić information content (AvgIpc) is 3.04. The highest BCUT2D eigenvalue weighted by molar-refractivity contribution is 5.77. The predicted octanol–water partition coefficient (Wildman–Crippen LogP) is 1.87. The third kappa shape index (κ3) is 1.21. The summed E-state index contributed by atoms with van der Waals surface area (Å²) in [4.78, 5) is 4.51. The van der Waals surface area contributed by atoms with Gasteiger partial charge in [-0.05, 0) is 37.5 Å². The molecule has 0 amide bonds. The summed E-state index contributed by atoms with van der Waals surface area (Å²) in [6.45, 7) is 2.80.